The van der Waals surface area contributed by atoms with Gasteiger partial charge in [0.1, 0.15) is 5.82 Å². The Morgan fingerprint density at radius 3 is 2.37 bits per heavy atom. The highest BCUT2D eigenvalue weighted by Crippen LogP contribution is 2.31. The van der Waals surface area contributed by atoms with Crippen LogP contribution in [0, 0.1) is 0 Å². The molecule has 0 saturated heterocycles. The van der Waals surface area contributed by atoms with Crippen molar-refractivity contribution in [2.75, 3.05) is 5.73 Å². The molecule has 3 heteroatoms. The predicted molar refractivity (Wildman–Crippen MR) is 78.8 cm³/mol. The molecule has 1 aromatic carbocycles. The summed E-state index contributed by atoms with van der Waals surface area (Å²) in [5, 5.41) is 0. The molecule has 1 fully saturated rings. The lowest BCUT2D eigenvalue weighted by molar-refractivity contribution is 0.447. The zero-order valence-corrected chi connectivity index (χ0v) is 11.3. The van der Waals surface area contributed by atoms with Crippen LogP contribution in [0.1, 0.15) is 44.6 Å². The average Bonchev–Trinajstić information content (AvgIpc) is 2.75. The quantitative estimate of drug-likeness (QED) is 0.650. The van der Waals surface area contributed by atoms with Gasteiger partial charge in [-0.05, 0) is 37.1 Å². The summed E-state index contributed by atoms with van der Waals surface area (Å²) < 4.78 is 2.36. The zero-order chi connectivity index (χ0) is 13.1. The van der Waals surface area contributed by atoms with Crippen LogP contribution >= 0.6 is 0 Å². The van der Waals surface area contributed by atoms with Crippen molar-refractivity contribution in [3.05, 3.63) is 36.7 Å². The van der Waals surface area contributed by atoms with Crippen LogP contribution in [-0.2, 0) is 0 Å². The Hall–Kier alpha value is -1.77. The summed E-state index contributed by atoms with van der Waals surface area (Å²) in [6.07, 6.45) is 12.0. The monoisotopic (exact) mass is 255 g/mol. The van der Waals surface area contributed by atoms with E-state index in [1.807, 2.05) is 18.3 Å². The van der Waals surface area contributed by atoms with E-state index < -0.39 is 0 Å². The van der Waals surface area contributed by atoms with Gasteiger partial charge in [-0.3, -0.25) is 0 Å². The molecule has 3 nitrogen and oxygen atoms in total. The van der Waals surface area contributed by atoms with Crippen molar-refractivity contribution < 1.29 is 0 Å². The molecule has 1 aliphatic rings. The van der Waals surface area contributed by atoms with Crippen LogP contribution in [0.4, 0.5) is 5.69 Å². The molecule has 0 aliphatic heterocycles. The van der Waals surface area contributed by atoms with Crippen LogP contribution in [0.2, 0.25) is 0 Å². The number of anilines is 1. The second kappa shape index (κ2) is 5.47. The standard InChI is InChI=1S/C16H21N3/c17-14-9-7-13(8-10-14)16-18-11-12-19(16)15-5-3-1-2-4-6-15/h7-12,15H,1-6,17H2. The Bertz CT molecular complexity index is 519. The highest BCUT2D eigenvalue weighted by molar-refractivity contribution is 5.59. The molecule has 19 heavy (non-hydrogen) atoms. The smallest absolute Gasteiger partial charge is 0.140 e. The normalized spacial score (nSPS) is 17.3. The van der Waals surface area contributed by atoms with E-state index in [0.717, 1.165) is 17.1 Å². The van der Waals surface area contributed by atoms with Crippen molar-refractivity contribution >= 4 is 5.69 Å². The van der Waals surface area contributed by atoms with Crippen LogP contribution in [0.15, 0.2) is 36.7 Å². The summed E-state index contributed by atoms with van der Waals surface area (Å²) in [6, 6.07) is 8.62. The molecule has 0 amide bonds. The first kappa shape index (κ1) is 12.3. The highest BCUT2D eigenvalue weighted by Gasteiger charge is 2.17. The van der Waals surface area contributed by atoms with Crippen LogP contribution in [0.5, 0.6) is 0 Å². The summed E-state index contributed by atoms with van der Waals surface area (Å²) in [6.45, 7) is 0. The maximum absolute atomic E-state index is 5.75. The molecule has 2 aromatic rings. The Kier molecular flexibility index (Phi) is 3.53. The van der Waals surface area contributed by atoms with Gasteiger partial charge in [0.15, 0.2) is 0 Å². The van der Waals surface area contributed by atoms with E-state index in [-0.39, 0.29) is 0 Å². The average molecular weight is 255 g/mol. The topological polar surface area (TPSA) is 43.8 Å². The molecular formula is C16H21N3. The maximum atomic E-state index is 5.75. The van der Waals surface area contributed by atoms with Crippen molar-refractivity contribution in [1.29, 1.82) is 0 Å². The van der Waals surface area contributed by atoms with Crippen molar-refractivity contribution in [2.45, 2.75) is 44.6 Å². The van der Waals surface area contributed by atoms with Crippen molar-refractivity contribution in [3.8, 4) is 11.4 Å². The summed E-state index contributed by atoms with van der Waals surface area (Å²) in [5.74, 6) is 1.08. The third kappa shape index (κ3) is 2.65. The molecule has 2 N–H and O–H groups in total. The Morgan fingerprint density at radius 2 is 1.68 bits per heavy atom. The Morgan fingerprint density at radius 1 is 1.00 bits per heavy atom. The molecule has 0 unspecified atom stereocenters. The van der Waals surface area contributed by atoms with Crippen LogP contribution < -0.4 is 5.73 Å². The summed E-state index contributed by atoms with van der Waals surface area (Å²) >= 11 is 0. The largest absolute Gasteiger partial charge is 0.399 e. The molecule has 1 aliphatic carbocycles. The van der Waals surface area contributed by atoms with Crippen molar-refractivity contribution in [2.24, 2.45) is 0 Å². The molecule has 100 valence electrons. The first-order valence-corrected chi connectivity index (χ1v) is 7.23. The minimum absolute atomic E-state index is 0.609. The molecule has 1 heterocycles. The summed E-state index contributed by atoms with van der Waals surface area (Å²) in [4.78, 5) is 4.54. The van der Waals surface area contributed by atoms with E-state index in [0.29, 0.717) is 6.04 Å². The number of hydrogen-bond donors (Lipinski definition) is 1. The molecule has 0 spiro atoms. The van der Waals surface area contributed by atoms with Gasteiger partial charge in [0.25, 0.3) is 0 Å². The van der Waals surface area contributed by atoms with Gasteiger partial charge in [-0.2, -0.15) is 0 Å². The van der Waals surface area contributed by atoms with E-state index in [2.05, 4.69) is 27.9 Å². The first-order chi connectivity index (χ1) is 9.34. The Balaban J connectivity index is 1.90. The molecule has 1 saturated carbocycles. The van der Waals surface area contributed by atoms with Crippen molar-refractivity contribution in [1.82, 2.24) is 9.55 Å². The second-order valence-corrected chi connectivity index (χ2v) is 5.43. The van der Waals surface area contributed by atoms with Gasteiger partial charge >= 0.3 is 0 Å². The van der Waals surface area contributed by atoms with Gasteiger partial charge < -0.3 is 10.3 Å². The number of nitrogens with two attached hydrogens (primary N) is 1. The van der Waals surface area contributed by atoms with Crippen LogP contribution in [-0.4, -0.2) is 9.55 Å². The van der Waals surface area contributed by atoms with Crippen LogP contribution in [0.25, 0.3) is 11.4 Å². The van der Waals surface area contributed by atoms with Gasteiger partial charge in [0.2, 0.25) is 0 Å². The molecule has 0 radical (unpaired) electrons. The SMILES string of the molecule is Nc1ccc(-c2nccn2C2CCCCCC2)cc1. The minimum atomic E-state index is 0.609. The number of benzene rings is 1. The molecule has 3 rings (SSSR count). The predicted octanol–water partition coefficient (Wildman–Crippen LogP) is 4.03. The van der Waals surface area contributed by atoms with Gasteiger partial charge in [0.05, 0.1) is 0 Å². The fourth-order valence-corrected chi connectivity index (χ4v) is 3.00. The fraction of sp³-hybridized carbons (Fsp3) is 0.438. The van der Waals surface area contributed by atoms with E-state index in [9.17, 15) is 0 Å². The third-order valence-corrected chi connectivity index (χ3v) is 4.06. The van der Waals surface area contributed by atoms with E-state index in [1.165, 1.54) is 38.5 Å². The van der Waals surface area contributed by atoms with E-state index >= 15 is 0 Å². The molecule has 0 atom stereocenters. The number of aromatic nitrogens is 2. The fourth-order valence-electron chi connectivity index (χ4n) is 3.00. The van der Waals surface area contributed by atoms with Crippen LogP contribution in [0.3, 0.4) is 0 Å². The lowest BCUT2D eigenvalue weighted by Crippen LogP contribution is -2.08. The maximum Gasteiger partial charge on any atom is 0.140 e. The van der Waals surface area contributed by atoms with E-state index in [1.54, 1.807) is 0 Å². The molecule has 1 aromatic heterocycles. The Labute approximate surface area is 114 Å². The third-order valence-electron chi connectivity index (χ3n) is 4.06. The molecule has 0 bridgehead atoms. The lowest BCUT2D eigenvalue weighted by atomic mass is 10.1. The van der Waals surface area contributed by atoms with Gasteiger partial charge in [-0.15, -0.1) is 0 Å². The van der Waals surface area contributed by atoms with Gasteiger partial charge in [0, 0.05) is 29.7 Å². The summed E-state index contributed by atoms with van der Waals surface area (Å²) in [7, 11) is 0. The minimum Gasteiger partial charge on any atom is -0.399 e. The molecular weight excluding hydrogens is 234 g/mol. The number of nitrogens with zero attached hydrogens (tertiary/aromatic N) is 2. The van der Waals surface area contributed by atoms with Gasteiger partial charge in [-0.1, -0.05) is 25.7 Å². The zero-order valence-electron chi connectivity index (χ0n) is 11.3. The second-order valence-electron chi connectivity index (χ2n) is 5.43. The number of nitrogen functional groups attached to an aromatic ring is 1. The highest BCUT2D eigenvalue weighted by atomic mass is 15.1. The number of rotatable bonds is 2. The van der Waals surface area contributed by atoms with E-state index in [4.69, 9.17) is 5.73 Å². The first-order valence-electron chi connectivity index (χ1n) is 7.23. The lowest BCUT2D eigenvalue weighted by Gasteiger charge is -2.19. The van der Waals surface area contributed by atoms with Gasteiger partial charge in [-0.25, -0.2) is 4.98 Å². The van der Waals surface area contributed by atoms with Crippen molar-refractivity contribution in [3.63, 3.8) is 0 Å². The number of imidazole rings is 1. The number of hydrogen-bond acceptors (Lipinski definition) is 2. The summed E-state index contributed by atoms with van der Waals surface area (Å²) in [5.41, 5.74) is 7.71.